The summed E-state index contributed by atoms with van der Waals surface area (Å²) in [6.45, 7) is 8.22. The Bertz CT molecular complexity index is 457. The number of carbonyl (C=O) groups excluding carboxylic acids is 4. The molecule has 0 aliphatic carbocycles. The van der Waals surface area contributed by atoms with E-state index in [-0.39, 0.29) is 19.5 Å². The first-order valence-electron chi connectivity index (χ1n) is 7.17. The summed E-state index contributed by atoms with van der Waals surface area (Å²) >= 11 is 0. The number of ether oxygens (including phenoxy) is 1. The van der Waals surface area contributed by atoms with Gasteiger partial charge < -0.3 is 25.1 Å². The van der Waals surface area contributed by atoms with E-state index in [0.717, 1.165) is 0 Å². The van der Waals surface area contributed by atoms with Crippen LogP contribution in [0, 0.1) is 0 Å². The molecule has 0 rings (SSSR count). The van der Waals surface area contributed by atoms with Gasteiger partial charge in [0.1, 0.15) is 24.5 Å². The van der Waals surface area contributed by atoms with E-state index in [9.17, 15) is 19.2 Å². The Morgan fingerprint density at radius 3 is 2.35 bits per heavy atom. The van der Waals surface area contributed by atoms with E-state index in [1.54, 1.807) is 20.8 Å². The molecule has 0 aliphatic heterocycles. The number of hydrogen-bond donors (Lipinski definition) is 2. The topological polar surface area (TPSA) is 105 Å². The van der Waals surface area contributed by atoms with E-state index in [1.165, 1.54) is 18.0 Å². The zero-order valence-corrected chi connectivity index (χ0v) is 14.0. The van der Waals surface area contributed by atoms with Crippen molar-refractivity contribution in [2.45, 2.75) is 38.8 Å². The maximum absolute atomic E-state index is 12.1. The first-order chi connectivity index (χ1) is 10.6. The minimum Gasteiger partial charge on any atom is -0.444 e. The van der Waals surface area contributed by atoms with Crippen LogP contribution in [-0.4, -0.2) is 60.9 Å². The van der Waals surface area contributed by atoms with Crippen LogP contribution in [0.1, 0.15) is 27.2 Å². The monoisotopic (exact) mass is 327 g/mol. The van der Waals surface area contributed by atoms with Crippen LogP contribution in [-0.2, 0) is 19.1 Å². The highest BCUT2D eigenvalue weighted by Gasteiger charge is 2.26. The van der Waals surface area contributed by atoms with E-state index in [4.69, 9.17) is 4.74 Å². The summed E-state index contributed by atoms with van der Waals surface area (Å²) in [4.78, 5) is 47.0. The van der Waals surface area contributed by atoms with E-state index in [2.05, 4.69) is 17.2 Å². The van der Waals surface area contributed by atoms with Gasteiger partial charge in [-0.2, -0.15) is 0 Å². The lowest BCUT2D eigenvalue weighted by Crippen LogP contribution is -2.50. The predicted octanol–water partition coefficient (Wildman–Crippen LogP) is 0.229. The van der Waals surface area contributed by atoms with Crippen molar-refractivity contribution in [1.82, 2.24) is 15.5 Å². The third kappa shape index (κ3) is 8.60. The van der Waals surface area contributed by atoms with Crippen molar-refractivity contribution in [1.29, 1.82) is 0 Å². The first-order valence-corrected chi connectivity index (χ1v) is 7.17. The third-order valence-electron chi connectivity index (χ3n) is 2.70. The van der Waals surface area contributed by atoms with Crippen LogP contribution in [0.4, 0.5) is 4.79 Å². The van der Waals surface area contributed by atoms with Crippen molar-refractivity contribution in [3.05, 3.63) is 12.7 Å². The van der Waals surface area contributed by atoms with E-state index >= 15 is 0 Å². The average Bonchev–Trinajstić information content (AvgIpc) is 2.45. The number of nitrogens with one attached hydrogen (secondary N) is 2. The van der Waals surface area contributed by atoms with Gasteiger partial charge in [-0.25, -0.2) is 4.79 Å². The molecule has 0 bridgehead atoms. The van der Waals surface area contributed by atoms with Gasteiger partial charge in [-0.1, -0.05) is 6.08 Å². The zero-order valence-electron chi connectivity index (χ0n) is 14.0. The van der Waals surface area contributed by atoms with Gasteiger partial charge >= 0.3 is 6.09 Å². The molecule has 1 atom stereocenters. The highest BCUT2D eigenvalue weighted by molar-refractivity contribution is 5.90. The minimum atomic E-state index is -0.805. The van der Waals surface area contributed by atoms with Crippen LogP contribution >= 0.6 is 0 Å². The summed E-state index contributed by atoms with van der Waals surface area (Å²) in [7, 11) is 1.44. The predicted molar refractivity (Wildman–Crippen MR) is 84.7 cm³/mol. The molecule has 8 heteroatoms. The van der Waals surface area contributed by atoms with Crippen LogP contribution in [0.5, 0.6) is 0 Å². The number of likely N-dealkylation sites (N-methyl/N-ethyl adjacent to an activating group) is 1. The summed E-state index contributed by atoms with van der Waals surface area (Å²) in [5.41, 5.74) is -0.668. The molecule has 0 saturated carbocycles. The molecule has 23 heavy (non-hydrogen) atoms. The molecular formula is C15H25N3O5. The summed E-state index contributed by atoms with van der Waals surface area (Å²) < 4.78 is 5.02. The van der Waals surface area contributed by atoms with Crippen LogP contribution in [0.2, 0.25) is 0 Å². The molecule has 0 fully saturated rings. The number of amides is 3. The molecule has 0 radical (unpaired) electrons. The molecule has 0 aromatic rings. The zero-order chi connectivity index (χ0) is 18.0. The Kier molecular flexibility index (Phi) is 8.61. The molecule has 130 valence electrons. The van der Waals surface area contributed by atoms with Gasteiger partial charge in [-0.15, -0.1) is 6.58 Å². The Morgan fingerprint density at radius 1 is 1.26 bits per heavy atom. The fourth-order valence-electron chi connectivity index (χ4n) is 1.62. The van der Waals surface area contributed by atoms with Gasteiger partial charge in [0.05, 0.1) is 6.54 Å². The van der Waals surface area contributed by atoms with Gasteiger partial charge in [-0.3, -0.25) is 9.59 Å². The highest BCUT2D eigenvalue weighted by atomic mass is 16.6. The van der Waals surface area contributed by atoms with E-state index in [0.29, 0.717) is 6.29 Å². The van der Waals surface area contributed by atoms with Crippen molar-refractivity contribution in [3.8, 4) is 0 Å². The molecule has 3 amide bonds. The number of hydrogen-bond acceptors (Lipinski definition) is 5. The standard InChI is InChI=1S/C15H25N3O5/c1-6-7-11(13(21)16-8-9-19)18(5)12(20)10-17-14(22)23-15(2,3)4/h6,9,11H,1,7-8,10H2,2-5H3,(H,16,21)(H,17,22). The van der Waals surface area contributed by atoms with Crippen LogP contribution in [0.25, 0.3) is 0 Å². The Morgan fingerprint density at radius 2 is 1.87 bits per heavy atom. The number of alkyl carbamates (subject to hydrolysis) is 1. The first kappa shape index (κ1) is 20.6. The van der Waals surface area contributed by atoms with Crippen molar-refractivity contribution in [3.63, 3.8) is 0 Å². The molecule has 0 spiro atoms. The average molecular weight is 327 g/mol. The van der Waals surface area contributed by atoms with E-state index < -0.39 is 29.6 Å². The normalized spacial score (nSPS) is 11.8. The second-order valence-electron chi connectivity index (χ2n) is 5.81. The molecular weight excluding hydrogens is 302 g/mol. The molecule has 0 aliphatic rings. The van der Waals surface area contributed by atoms with Crippen LogP contribution in [0.15, 0.2) is 12.7 Å². The van der Waals surface area contributed by atoms with Crippen molar-refractivity contribution in [2.24, 2.45) is 0 Å². The smallest absolute Gasteiger partial charge is 0.408 e. The van der Waals surface area contributed by atoms with E-state index in [1.807, 2.05) is 0 Å². The van der Waals surface area contributed by atoms with Gasteiger partial charge in [-0.05, 0) is 27.2 Å². The summed E-state index contributed by atoms with van der Waals surface area (Å²) in [5, 5.41) is 4.72. The summed E-state index contributed by atoms with van der Waals surface area (Å²) in [6, 6.07) is -0.805. The lowest BCUT2D eigenvalue weighted by atomic mass is 10.1. The van der Waals surface area contributed by atoms with Gasteiger partial charge in [0.25, 0.3) is 0 Å². The fraction of sp³-hybridized carbons (Fsp3) is 0.600. The molecule has 8 nitrogen and oxygen atoms in total. The molecule has 0 aromatic carbocycles. The quantitative estimate of drug-likeness (QED) is 0.490. The Labute approximate surface area is 136 Å². The SMILES string of the molecule is C=CCC(C(=O)NCC=O)N(C)C(=O)CNC(=O)OC(C)(C)C. The lowest BCUT2D eigenvalue weighted by Gasteiger charge is -2.26. The number of aldehydes is 1. The Hall–Kier alpha value is -2.38. The van der Waals surface area contributed by atoms with Crippen molar-refractivity contribution >= 4 is 24.2 Å². The second kappa shape index (κ2) is 9.60. The summed E-state index contributed by atoms with van der Waals surface area (Å²) in [5.74, 6) is -0.936. The second-order valence-corrected chi connectivity index (χ2v) is 5.81. The lowest BCUT2D eigenvalue weighted by molar-refractivity contribution is -0.138. The number of rotatable bonds is 8. The number of nitrogens with zero attached hydrogens (tertiary/aromatic N) is 1. The fourth-order valence-corrected chi connectivity index (χ4v) is 1.62. The van der Waals surface area contributed by atoms with Crippen LogP contribution < -0.4 is 10.6 Å². The third-order valence-corrected chi connectivity index (χ3v) is 2.70. The van der Waals surface area contributed by atoms with Gasteiger partial charge in [0.2, 0.25) is 11.8 Å². The molecule has 0 saturated heterocycles. The largest absolute Gasteiger partial charge is 0.444 e. The van der Waals surface area contributed by atoms with Crippen LogP contribution in [0.3, 0.4) is 0 Å². The maximum Gasteiger partial charge on any atom is 0.408 e. The molecule has 0 heterocycles. The van der Waals surface area contributed by atoms with Crippen molar-refractivity contribution < 1.29 is 23.9 Å². The maximum atomic E-state index is 12.1. The minimum absolute atomic E-state index is 0.134. The molecule has 0 aromatic heterocycles. The Balaban J connectivity index is 4.62. The molecule has 1 unspecified atom stereocenters. The molecule has 2 N–H and O–H groups in total. The van der Waals surface area contributed by atoms with Gasteiger partial charge in [0.15, 0.2) is 0 Å². The van der Waals surface area contributed by atoms with Gasteiger partial charge in [0, 0.05) is 7.05 Å². The summed E-state index contributed by atoms with van der Waals surface area (Å²) in [6.07, 6.45) is 1.55. The van der Waals surface area contributed by atoms with Crippen molar-refractivity contribution in [2.75, 3.05) is 20.1 Å². The number of carbonyl (C=O) groups is 4. The highest BCUT2D eigenvalue weighted by Crippen LogP contribution is 2.07.